The van der Waals surface area contributed by atoms with Crippen LogP contribution < -0.4 is 5.32 Å². The van der Waals surface area contributed by atoms with Gasteiger partial charge in [-0.05, 0) is 37.9 Å². The van der Waals surface area contributed by atoms with Crippen molar-refractivity contribution in [2.45, 2.75) is 32.7 Å². The van der Waals surface area contributed by atoms with Crippen LogP contribution in [-0.4, -0.2) is 46.8 Å². The first-order valence-corrected chi connectivity index (χ1v) is 7.25. The highest BCUT2D eigenvalue weighted by Gasteiger charge is 2.22. The fraction of sp³-hybridized carbons (Fsp3) is 0.714. The van der Waals surface area contributed by atoms with E-state index in [1.54, 1.807) is 6.20 Å². The number of likely N-dealkylation sites (tertiary alicyclic amines) is 1. The molecule has 1 N–H and O–H groups in total. The minimum Gasteiger partial charge on any atom is -0.343 e. The summed E-state index contributed by atoms with van der Waals surface area (Å²) in [6, 6.07) is 1.89. The Morgan fingerprint density at radius 2 is 2.21 bits per heavy atom. The molecule has 0 aromatic carbocycles. The summed E-state index contributed by atoms with van der Waals surface area (Å²) in [6.45, 7) is 6.76. The maximum atomic E-state index is 12.1. The zero-order valence-corrected chi connectivity index (χ0v) is 11.7. The van der Waals surface area contributed by atoms with Gasteiger partial charge in [-0.1, -0.05) is 6.92 Å². The lowest BCUT2D eigenvalue weighted by Gasteiger charge is -2.32. The topological polar surface area (TPSA) is 50.2 Å². The number of piperidine rings is 1. The summed E-state index contributed by atoms with van der Waals surface area (Å²) in [5, 5.41) is 7.51. The van der Waals surface area contributed by atoms with E-state index in [1.807, 2.05) is 21.8 Å². The van der Waals surface area contributed by atoms with E-state index in [9.17, 15) is 4.79 Å². The van der Waals surface area contributed by atoms with Crippen molar-refractivity contribution in [2.75, 3.05) is 26.2 Å². The van der Waals surface area contributed by atoms with Crippen LogP contribution in [0.15, 0.2) is 18.5 Å². The molecule has 1 fully saturated rings. The van der Waals surface area contributed by atoms with Gasteiger partial charge < -0.3 is 10.2 Å². The predicted molar refractivity (Wildman–Crippen MR) is 74.7 cm³/mol. The SMILES string of the molecule is CCNCC1CCN(C(=O)CCn2cccn2)CC1. The van der Waals surface area contributed by atoms with Crippen molar-refractivity contribution in [3.8, 4) is 0 Å². The molecule has 1 aromatic heterocycles. The number of nitrogens with one attached hydrogen (secondary N) is 1. The molecule has 2 rings (SSSR count). The lowest BCUT2D eigenvalue weighted by Crippen LogP contribution is -2.41. The number of hydrogen-bond acceptors (Lipinski definition) is 3. The van der Waals surface area contributed by atoms with Gasteiger partial charge in [0.2, 0.25) is 5.91 Å². The maximum absolute atomic E-state index is 12.1. The van der Waals surface area contributed by atoms with E-state index in [-0.39, 0.29) is 5.91 Å². The molecular weight excluding hydrogens is 240 g/mol. The lowest BCUT2D eigenvalue weighted by molar-refractivity contribution is -0.132. The van der Waals surface area contributed by atoms with Crippen LogP contribution in [0.5, 0.6) is 0 Å². The molecule has 0 radical (unpaired) electrons. The van der Waals surface area contributed by atoms with Crippen LogP contribution in [0.4, 0.5) is 0 Å². The molecule has 1 amide bonds. The molecule has 1 aliphatic rings. The molecule has 1 saturated heterocycles. The van der Waals surface area contributed by atoms with Gasteiger partial charge in [0, 0.05) is 38.4 Å². The summed E-state index contributed by atoms with van der Waals surface area (Å²) in [5.74, 6) is 0.993. The molecule has 1 aromatic rings. The maximum Gasteiger partial charge on any atom is 0.224 e. The van der Waals surface area contributed by atoms with E-state index in [1.165, 1.54) is 0 Å². The average molecular weight is 264 g/mol. The number of carbonyl (C=O) groups is 1. The van der Waals surface area contributed by atoms with Gasteiger partial charge in [-0.3, -0.25) is 9.48 Å². The number of rotatable bonds is 6. The Hall–Kier alpha value is -1.36. The van der Waals surface area contributed by atoms with Gasteiger partial charge in [-0.2, -0.15) is 5.10 Å². The Bertz CT molecular complexity index is 369. The van der Waals surface area contributed by atoms with Gasteiger partial charge in [0.25, 0.3) is 0 Å². The minimum atomic E-state index is 0.261. The highest BCUT2D eigenvalue weighted by molar-refractivity contribution is 5.76. The molecular formula is C14H24N4O. The van der Waals surface area contributed by atoms with Crippen molar-refractivity contribution in [3.63, 3.8) is 0 Å². The zero-order chi connectivity index (χ0) is 13.5. The van der Waals surface area contributed by atoms with E-state index in [2.05, 4.69) is 17.3 Å². The third kappa shape index (κ3) is 4.35. The summed E-state index contributed by atoms with van der Waals surface area (Å²) in [5.41, 5.74) is 0. The van der Waals surface area contributed by atoms with Gasteiger partial charge in [0.1, 0.15) is 0 Å². The molecule has 2 heterocycles. The van der Waals surface area contributed by atoms with Gasteiger partial charge in [0.05, 0.1) is 0 Å². The minimum absolute atomic E-state index is 0.261. The molecule has 5 heteroatoms. The van der Waals surface area contributed by atoms with Crippen LogP contribution in [-0.2, 0) is 11.3 Å². The van der Waals surface area contributed by atoms with Gasteiger partial charge in [0.15, 0.2) is 0 Å². The Morgan fingerprint density at radius 3 is 2.84 bits per heavy atom. The van der Waals surface area contributed by atoms with E-state index < -0.39 is 0 Å². The molecule has 5 nitrogen and oxygen atoms in total. The normalized spacial score (nSPS) is 16.8. The quantitative estimate of drug-likeness (QED) is 0.837. The highest BCUT2D eigenvalue weighted by Crippen LogP contribution is 2.17. The summed E-state index contributed by atoms with van der Waals surface area (Å²) in [6.07, 6.45) is 6.45. The highest BCUT2D eigenvalue weighted by atomic mass is 16.2. The van der Waals surface area contributed by atoms with E-state index >= 15 is 0 Å². The number of carbonyl (C=O) groups excluding carboxylic acids is 1. The molecule has 0 spiro atoms. The van der Waals surface area contributed by atoms with Gasteiger partial charge in [-0.15, -0.1) is 0 Å². The molecule has 0 bridgehead atoms. The first-order chi connectivity index (χ1) is 9.29. The average Bonchev–Trinajstić information content (AvgIpc) is 2.96. The number of hydrogen-bond donors (Lipinski definition) is 1. The lowest BCUT2D eigenvalue weighted by atomic mass is 9.96. The molecule has 0 saturated carbocycles. The number of amides is 1. The second kappa shape index (κ2) is 7.28. The van der Waals surface area contributed by atoms with Crippen LogP contribution >= 0.6 is 0 Å². The molecule has 106 valence electrons. The monoisotopic (exact) mass is 264 g/mol. The van der Waals surface area contributed by atoms with Crippen LogP contribution in [0.3, 0.4) is 0 Å². The third-order valence-electron chi connectivity index (χ3n) is 3.76. The first kappa shape index (κ1) is 14.1. The molecule has 1 aliphatic heterocycles. The summed E-state index contributed by atoms with van der Waals surface area (Å²) in [4.78, 5) is 14.1. The second-order valence-electron chi connectivity index (χ2n) is 5.15. The smallest absolute Gasteiger partial charge is 0.224 e. The largest absolute Gasteiger partial charge is 0.343 e. The number of aromatic nitrogens is 2. The van der Waals surface area contributed by atoms with Crippen LogP contribution in [0.1, 0.15) is 26.2 Å². The zero-order valence-electron chi connectivity index (χ0n) is 11.7. The molecule has 0 unspecified atom stereocenters. The summed E-state index contributed by atoms with van der Waals surface area (Å²) in [7, 11) is 0. The Morgan fingerprint density at radius 1 is 1.42 bits per heavy atom. The molecule has 19 heavy (non-hydrogen) atoms. The van der Waals surface area contributed by atoms with E-state index in [4.69, 9.17) is 0 Å². The van der Waals surface area contributed by atoms with Crippen molar-refractivity contribution in [2.24, 2.45) is 5.92 Å². The third-order valence-corrected chi connectivity index (χ3v) is 3.76. The Kier molecular flexibility index (Phi) is 5.39. The van der Waals surface area contributed by atoms with Gasteiger partial charge >= 0.3 is 0 Å². The fourth-order valence-corrected chi connectivity index (χ4v) is 2.54. The van der Waals surface area contributed by atoms with Crippen molar-refractivity contribution < 1.29 is 4.79 Å². The second-order valence-corrected chi connectivity index (χ2v) is 5.15. The number of nitrogens with zero attached hydrogens (tertiary/aromatic N) is 3. The summed E-state index contributed by atoms with van der Waals surface area (Å²) < 4.78 is 1.82. The van der Waals surface area contributed by atoms with Crippen LogP contribution in [0, 0.1) is 5.92 Å². The first-order valence-electron chi connectivity index (χ1n) is 7.25. The van der Waals surface area contributed by atoms with Crippen LogP contribution in [0.25, 0.3) is 0 Å². The summed E-state index contributed by atoms with van der Waals surface area (Å²) >= 11 is 0. The molecule has 0 atom stereocenters. The Balaban J connectivity index is 1.67. The fourth-order valence-electron chi connectivity index (χ4n) is 2.54. The number of aryl methyl sites for hydroxylation is 1. The van der Waals surface area contributed by atoms with E-state index in [0.29, 0.717) is 13.0 Å². The van der Waals surface area contributed by atoms with Crippen molar-refractivity contribution in [3.05, 3.63) is 18.5 Å². The predicted octanol–water partition coefficient (Wildman–Crippen LogP) is 1.12. The van der Waals surface area contributed by atoms with Crippen molar-refractivity contribution in [1.82, 2.24) is 20.0 Å². The molecule has 0 aliphatic carbocycles. The standard InChI is InChI=1S/C14H24N4O/c1-2-15-12-13-4-9-17(10-5-13)14(19)6-11-18-8-3-7-16-18/h3,7-8,13,15H,2,4-6,9-12H2,1H3. The Labute approximate surface area is 115 Å². The van der Waals surface area contributed by atoms with Crippen molar-refractivity contribution >= 4 is 5.91 Å². The van der Waals surface area contributed by atoms with Gasteiger partial charge in [-0.25, -0.2) is 0 Å². The van der Waals surface area contributed by atoms with Crippen LogP contribution in [0.2, 0.25) is 0 Å². The van der Waals surface area contributed by atoms with E-state index in [0.717, 1.165) is 44.9 Å². The van der Waals surface area contributed by atoms with Crippen molar-refractivity contribution in [1.29, 1.82) is 0 Å².